The van der Waals surface area contributed by atoms with E-state index in [4.69, 9.17) is 0 Å². The van der Waals surface area contributed by atoms with Crippen molar-refractivity contribution < 1.29 is 28.8 Å². The summed E-state index contributed by atoms with van der Waals surface area (Å²) in [5, 5.41) is 0. The number of benzene rings is 2. The zero-order valence-corrected chi connectivity index (χ0v) is 19.9. The molecular weight excluding hydrogens is 480 g/mol. The van der Waals surface area contributed by atoms with Gasteiger partial charge in [-0.25, -0.2) is 38.8 Å². The lowest BCUT2D eigenvalue weighted by atomic mass is 10.2. The van der Waals surface area contributed by atoms with E-state index in [1.54, 1.807) is 43.3 Å². The van der Waals surface area contributed by atoms with Crippen LogP contribution < -0.4 is 0 Å². The SMILES string of the molecule is Cc1ccc(N=C=O)cc1N=C=O.O=C=NCCCCCCN=C=O.O=C=Nc1ccccc1N=C=O. The van der Waals surface area contributed by atoms with Crippen LogP contribution in [-0.2, 0) is 28.8 Å². The molecule has 2 aromatic rings. The van der Waals surface area contributed by atoms with Crippen LogP contribution in [-0.4, -0.2) is 49.6 Å². The molecule has 0 spiro atoms. The summed E-state index contributed by atoms with van der Waals surface area (Å²) in [7, 11) is 0. The van der Waals surface area contributed by atoms with E-state index in [1.807, 2.05) is 0 Å². The topological polar surface area (TPSA) is 177 Å². The van der Waals surface area contributed by atoms with Gasteiger partial charge in [-0.05, 0) is 49.6 Å². The molecule has 0 amide bonds. The minimum Gasteiger partial charge on any atom is -0.211 e. The first kappa shape index (κ1) is 31.7. The standard InChI is InChI=1S/C9H6N2O2.C8H4N2O2.C8H12N2O2/c1-7-2-3-8(10-5-12)4-9(7)11-6-13;11-5-9-7-3-1-2-4-8(7)10-6-12;11-7-9-5-3-1-2-4-6-10-8-12/h2-4H,1H3;1-4H;1-6H2. The van der Waals surface area contributed by atoms with Crippen molar-refractivity contribution in [2.24, 2.45) is 30.0 Å². The van der Waals surface area contributed by atoms with E-state index in [2.05, 4.69) is 30.0 Å². The van der Waals surface area contributed by atoms with E-state index in [0.717, 1.165) is 31.2 Å². The fourth-order valence-corrected chi connectivity index (χ4v) is 2.47. The van der Waals surface area contributed by atoms with Crippen LogP contribution in [0.1, 0.15) is 31.2 Å². The molecule has 0 N–H and O–H groups in total. The quantitative estimate of drug-likeness (QED) is 0.243. The highest BCUT2D eigenvalue weighted by molar-refractivity contribution is 5.67. The molecule has 0 saturated heterocycles. The molecule has 0 heterocycles. The molecule has 12 heteroatoms. The van der Waals surface area contributed by atoms with Gasteiger partial charge >= 0.3 is 0 Å². The second kappa shape index (κ2) is 22.5. The summed E-state index contributed by atoms with van der Waals surface area (Å²) in [6.07, 6.45) is 12.4. The highest BCUT2D eigenvalue weighted by Crippen LogP contribution is 2.26. The molecule has 0 unspecified atom stereocenters. The summed E-state index contributed by atoms with van der Waals surface area (Å²) in [4.78, 5) is 79.4. The Balaban J connectivity index is 0.000000526. The maximum atomic E-state index is 10.00. The number of rotatable bonds is 11. The third-order valence-corrected chi connectivity index (χ3v) is 4.17. The van der Waals surface area contributed by atoms with Gasteiger partial charge in [0, 0.05) is 0 Å². The first-order valence-electron chi connectivity index (χ1n) is 10.7. The van der Waals surface area contributed by atoms with Crippen LogP contribution in [0.4, 0.5) is 22.7 Å². The van der Waals surface area contributed by atoms with Gasteiger partial charge in [0.25, 0.3) is 0 Å². The van der Waals surface area contributed by atoms with Gasteiger partial charge in [0.1, 0.15) is 11.4 Å². The summed E-state index contributed by atoms with van der Waals surface area (Å²) in [6.45, 7) is 2.91. The summed E-state index contributed by atoms with van der Waals surface area (Å²) in [5.41, 5.74) is 2.35. The van der Waals surface area contributed by atoms with Gasteiger partial charge in [0.2, 0.25) is 36.5 Å². The van der Waals surface area contributed by atoms with E-state index >= 15 is 0 Å². The van der Waals surface area contributed by atoms with Crippen LogP contribution in [0.2, 0.25) is 0 Å². The molecule has 0 radical (unpaired) electrons. The predicted octanol–water partition coefficient (Wildman–Crippen LogP) is 4.77. The minimum absolute atomic E-state index is 0.316. The molecular formula is C25H22N6O6. The number of carbonyl (C=O) groups excluding carboxylic acids is 6. The van der Waals surface area contributed by atoms with Gasteiger partial charge < -0.3 is 0 Å². The lowest BCUT2D eigenvalue weighted by molar-refractivity contribution is 0.558. The van der Waals surface area contributed by atoms with Crippen molar-refractivity contribution in [3.63, 3.8) is 0 Å². The van der Waals surface area contributed by atoms with Gasteiger partial charge in [-0.15, -0.1) is 0 Å². The Bertz CT molecular complexity index is 1230. The van der Waals surface area contributed by atoms with Crippen molar-refractivity contribution in [2.45, 2.75) is 32.6 Å². The second-order valence-electron chi connectivity index (χ2n) is 6.63. The summed E-state index contributed by atoms with van der Waals surface area (Å²) in [6, 6.07) is 11.4. The average Bonchev–Trinajstić information content (AvgIpc) is 2.90. The van der Waals surface area contributed by atoms with Crippen LogP contribution in [0, 0.1) is 6.92 Å². The molecule has 0 aromatic heterocycles. The van der Waals surface area contributed by atoms with Crippen LogP contribution in [0.25, 0.3) is 0 Å². The van der Waals surface area contributed by atoms with Crippen LogP contribution >= 0.6 is 0 Å². The monoisotopic (exact) mass is 502 g/mol. The first-order chi connectivity index (χ1) is 18.1. The molecule has 0 bridgehead atoms. The molecule has 0 fully saturated rings. The molecule has 2 aromatic carbocycles. The van der Waals surface area contributed by atoms with Crippen molar-refractivity contribution in [3.8, 4) is 0 Å². The van der Waals surface area contributed by atoms with Crippen molar-refractivity contribution in [1.29, 1.82) is 0 Å². The Labute approximate surface area is 212 Å². The van der Waals surface area contributed by atoms with E-state index in [9.17, 15) is 28.8 Å². The molecule has 2 rings (SSSR count). The first-order valence-corrected chi connectivity index (χ1v) is 10.7. The molecule has 0 saturated carbocycles. The highest BCUT2D eigenvalue weighted by atomic mass is 16.1. The van der Waals surface area contributed by atoms with E-state index in [1.165, 1.54) is 42.5 Å². The lowest BCUT2D eigenvalue weighted by Crippen LogP contribution is -1.84. The van der Waals surface area contributed by atoms with Crippen LogP contribution in [0.15, 0.2) is 72.4 Å². The number of nitrogens with zero attached hydrogens (tertiary/aromatic N) is 6. The van der Waals surface area contributed by atoms with Gasteiger partial charge in [0.15, 0.2) is 0 Å². The molecule has 37 heavy (non-hydrogen) atoms. The Morgan fingerprint density at radius 1 is 0.541 bits per heavy atom. The third kappa shape index (κ3) is 16.1. The van der Waals surface area contributed by atoms with Gasteiger partial charge in [-0.1, -0.05) is 31.0 Å². The number of unbranched alkanes of at least 4 members (excludes halogenated alkanes) is 3. The van der Waals surface area contributed by atoms with Gasteiger partial charge in [-0.3, -0.25) is 0 Å². The molecule has 0 aliphatic rings. The molecule has 0 aliphatic heterocycles. The Morgan fingerprint density at radius 2 is 1.00 bits per heavy atom. The number of aliphatic imine (C=N–C) groups is 6. The molecule has 12 nitrogen and oxygen atoms in total. The maximum absolute atomic E-state index is 10.00. The maximum Gasteiger partial charge on any atom is 0.240 e. The number of para-hydroxylation sites is 2. The van der Waals surface area contributed by atoms with Gasteiger partial charge in [0.05, 0.1) is 24.5 Å². The van der Waals surface area contributed by atoms with Crippen molar-refractivity contribution in [2.75, 3.05) is 13.1 Å². The van der Waals surface area contributed by atoms with Crippen molar-refractivity contribution in [1.82, 2.24) is 0 Å². The number of hydrogen-bond donors (Lipinski definition) is 0. The zero-order valence-electron chi connectivity index (χ0n) is 19.9. The smallest absolute Gasteiger partial charge is 0.211 e. The highest BCUT2D eigenvalue weighted by Gasteiger charge is 1.98. The minimum atomic E-state index is 0.316. The third-order valence-electron chi connectivity index (χ3n) is 4.17. The summed E-state index contributed by atoms with van der Waals surface area (Å²) >= 11 is 0. The second-order valence-corrected chi connectivity index (χ2v) is 6.63. The average molecular weight is 502 g/mol. The Morgan fingerprint density at radius 3 is 1.43 bits per heavy atom. The molecule has 0 aliphatic carbocycles. The Hall–Kier alpha value is -5.28. The van der Waals surface area contributed by atoms with E-state index in [-0.39, 0.29) is 0 Å². The molecule has 0 atom stereocenters. The molecule has 188 valence electrons. The zero-order chi connectivity index (χ0) is 27.6. The number of hydrogen-bond acceptors (Lipinski definition) is 12. The number of isocyanates is 6. The summed E-state index contributed by atoms with van der Waals surface area (Å²) < 4.78 is 0. The fourth-order valence-electron chi connectivity index (χ4n) is 2.47. The lowest BCUT2D eigenvalue weighted by Gasteiger charge is -1.97. The van der Waals surface area contributed by atoms with Crippen LogP contribution in [0.3, 0.4) is 0 Å². The van der Waals surface area contributed by atoms with Crippen molar-refractivity contribution >= 4 is 59.2 Å². The Kier molecular flexibility index (Phi) is 19.3. The number of aryl methyl sites for hydroxylation is 1. The normalized spacial score (nSPS) is 8.24. The largest absolute Gasteiger partial charge is 0.240 e. The van der Waals surface area contributed by atoms with Crippen molar-refractivity contribution in [3.05, 3.63) is 48.0 Å². The van der Waals surface area contributed by atoms with E-state index in [0.29, 0.717) is 35.8 Å². The predicted molar refractivity (Wildman–Crippen MR) is 133 cm³/mol. The fraction of sp³-hybridized carbons (Fsp3) is 0.280. The summed E-state index contributed by atoms with van der Waals surface area (Å²) in [5.74, 6) is 0. The van der Waals surface area contributed by atoms with Gasteiger partial charge in [-0.2, -0.15) is 20.0 Å². The van der Waals surface area contributed by atoms with E-state index < -0.39 is 0 Å². The van der Waals surface area contributed by atoms with Crippen LogP contribution in [0.5, 0.6) is 0 Å².